The van der Waals surface area contributed by atoms with Crippen LogP contribution in [0.3, 0.4) is 0 Å². The summed E-state index contributed by atoms with van der Waals surface area (Å²) in [6.07, 6.45) is 1.72. The topological polar surface area (TPSA) is 288 Å². The molecule has 2 rings (SSSR count). The molecule has 0 amide bonds. The first-order chi connectivity index (χ1) is 31.5. The molecule has 0 aromatic heterocycles. The molecule has 0 spiro atoms. The molecule has 67 heavy (non-hydrogen) atoms. The highest BCUT2D eigenvalue weighted by Gasteiger charge is 2.29. The highest BCUT2D eigenvalue weighted by molar-refractivity contribution is 6.03. The van der Waals surface area contributed by atoms with Crippen molar-refractivity contribution in [2.75, 3.05) is 52.9 Å². The molecule has 0 bridgehead atoms. The Kier molecular flexibility index (Phi) is 28.2. The van der Waals surface area contributed by atoms with Crippen LogP contribution >= 0.6 is 0 Å². The summed E-state index contributed by atoms with van der Waals surface area (Å²) in [5.41, 5.74) is -1.62. The number of carboxylic acids is 1. The van der Waals surface area contributed by atoms with Gasteiger partial charge in [0.15, 0.2) is 0 Å². The van der Waals surface area contributed by atoms with Crippen molar-refractivity contribution in [2.24, 2.45) is 10.8 Å². The van der Waals surface area contributed by atoms with Crippen molar-refractivity contribution in [2.45, 2.75) is 66.6 Å². The van der Waals surface area contributed by atoms with Crippen LogP contribution in [0.2, 0.25) is 0 Å². The van der Waals surface area contributed by atoms with Crippen molar-refractivity contribution >= 4 is 53.7 Å². The van der Waals surface area contributed by atoms with Crippen molar-refractivity contribution in [3.05, 3.63) is 109 Å². The number of aromatic carboxylic acids is 1. The molecule has 0 saturated carbocycles. The first-order valence-electron chi connectivity index (χ1n) is 20.5. The summed E-state index contributed by atoms with van der Waals surface area (Å²) >= 11 is 0. The number of rotatable bonds is 25. The van der Waals surface area contributed by atoms with Crippen LogP contribution in [-0.2, 0) is 61.9 Å². The van der Waals surface area contributed by atoms with Crippen LogP contribution in [-0.4, -0.2) is 134 Å². The molecule has 20 nitrogen and oxygen atoms in total. The number of benzene rings is 2. The van der Waals surface area contributed by atoms with Crippen LogP contribution in [0, 0.1) is 10.8 Å². The average Bonchev–Trinajstić information content (AvgIpc) is 3.33. The number of aliphatic hydroxyl groups is 2. The summed E-state index contributed by atoms with van der Waals surface area (Å²) in [4.78, 5) is 103. The fraction of sp³-hybridized carbons (Fsp3) is 0.426. The van der Waals surface area contributed by atoms with Gasteiger partial charge in [-0.25, -0.2) is 33.6 Å². The van der Waals surface area contributed by atoms with E-state index in [4.69, 9.17) is 28.8 Å². The van der Waals surface area contributed by atoms with Gasteiger partial charge in [-0.15, -0.1) is 0 Å². The Hall–Kier alpha value is -7.19. The van der Waals surface area contributed by atoms with Crippen LogP contribution in [0.4, 0.5) is 0 Å². The van der Waals surface area contributed by atoms with E-state index in [2.05, 4.69) is 33.9 Å². The van der Waals surface area contributed by atoms with E-state index < -0.39 is 90.6 Å². The molecule has 3 N–H and O–H groups in total. The molecule has 0 aliphatic carbocycles. The van der Waals surface area contributed by atoms with Crippen molar-refractivity contribution in [1.82, 2.24) is 0 Å². The Morgan fingerprint density at radius 2 is 0.776 bits per heavy atom. The van der Waals surface area contributed by atoms with Crippen molar-refractivity contribution in [1.29, 1.82) is 0 Å². The number of esters is 8. The average molecular weight is 945 g/mol. The van der Waals surface area contributed by atoms with Crippen LogP contribution < -0.4 is 0 Å². The summed E-state index contributed by atoms with van der Waals surface area (Å²) in [7, 11) is 0. The lowest BCUT2D eigenvalue weighted by atomic mass is 9.91. The second kappa shape index (κ2) is 31.6. The van der Waals surface area contributed by atoms with Gasteiger partial charge >= 0.3 is 53.7 Å². The van der Waals surface area contributed by atoms with E-state index in [0.717, 1.165) is 18.2 Å². The molecule has 2 atom stereocenters. The molecule has 0 radical (unpaired) electrons. The Morgan fingerprint density at radius 1 is 0.478 bits per heavy atom. The van der Waals surface area contributed by atoms with Gasteiger partial charge in [0, 0.05) is 18.2 Å². The summed E-state index contributed by atoms with van der Waals surface area (Å²) in [5, 5.41) is 28.6. The zero-order valence-electron chi connectivity index (χ0n) is 38.5. The Morgan fingerprint density at radius 3 is 1.16 bits per heavy atom. The Bertz CT molecular complexity index is 2020. The van der Waals surface area contributed by atoms with Gasteiger partial charge in [-0.3, -0.25) is 9.59 Å². The number of carbonyl (C=O) groups excluding carboxylic acids is 8. The fourth-order valence-electron chi connectivity index (χ4n) is 4.12. The summed E-state index contributed by atoms with van der Waals surface area (Å²) in [6, 6.07) is 11.3. The molecular weight excluding hydrogens is 884 g/mol. The van der Waals surface area contributed by atoms with Crippen LogP contribution in [0.1, 0.15) is 95.8 Å². The quantitative estimate of drug-likeness (QED) is 0.0538. The summed E-state index contributed by atoms with van der Waals surface area (Å²) in [6.45, 7) is 18.6. The SMILES string of the molecule is C=CC(=O)OCC(O)COC(=O)c1ccccc1C(=O)OCC(O)COC(=O)C(C)(C)CC.C=CC(=O)OCCOC(=O)C(C)(C)CC.C=CC(=O)OCCOC(=O)c1ccccc1C(=O)O. The number of aliphatic hydroxyl groups excluding tert-OH is 2. The fourth-order valence-corrected chi connectivity index (χ4v) is 4.12. The molecule has 368 valence electrons. The highest BCUT2D eigenvalue weighted by Crippen LogP contribution is 2.22. The zero-order chi connectivity index (χ0) is 51.2. The first kappa shape index (κ1) is 59.8. The van der Waals surface area contributed by atoms with Gasteiger partial charge < -0.3 is 53.2 Å². The molecular formula is C47H60O20. The van der Waals surface area contributed by atoms with E-state index in [1.807, 2.05) is 27.7 Å². The van der Waals surface area contributed by atoms with Gasteiger partial charge in [-0.2, -0.15) is 0 Å². The third kappa shape index (κ3) is 24.1. The molecule has 0 aliphatic heterocycles. The van der Waals surface area contributed by atoms with Crippen LogP contribution in [0.15, 0.2) is 86.5 Å². The minimum Gasteiger partial charge on any atom is -0.478 e. The number of hydrogen-bond acceptors (Lipinski definition) is 19. The Balaban J connectivity index is 0.00000108. The van der Waals surface area contributed by atoms with E-state index >= 15 is 0 Å². The van der Waals surface area contributed by atoms with Gasteiger partial charge in [0.1, 0.15) is 65.1 Å². The van der Waals surface area contributed by atoms with Crippen molar-refractivity contribution in [3.8, 4) is 0 Å². The normalized spacial score (nSPS) is 11.3. The smallest absolute Gasteiger partial charge is 0.339 e. The van der Waals surface area contributed by atoms with Crippen LogP contribution in [0.5, 0.6) is 0 Å². The van der Waals surface area contributed by atoms with Gasteiger partial charge in [-0.1, -0.05) is 57.8 Å². The predicted molar refractivity (Wildman–Crippen MR) is 236 cm³/mol. The monoisotopic (exact) mass is 944 g/mol. The van der Waals surface area contributed by atoms with Gasteiger partial charge in [-0.05, 0) is 64.8 Å². The van der Waals surface area contributed by atoms with Crippen molar-refractivity contribution < 1.29 is 96.4 Å². The maximum Gasteiger partial charge on any atom is 0.339 e. The van der Waals surface area contributed by atoms with Gasteiger partial charge in [0.05, 0.1) is 33.1 Å². The molecule has 2 unspecified atom stereocenters. The lowest BCUT2D eigenvalue weighted by Crippen LogP contribution is -2.31. The number of carbonyl (C=O) groups is 9. The number of ether oxygens (including phenoxy) is 8. The predicted octanol–water partition coefficient (Wildman–Crippen LogP) is 4.40. The van der Waals surface area contributed by atoms with E-state index in [-0.39, 0.29) is 61.3 Å². The second-order valence-electron chi connectivity index (χ2n) is 14.8. The lowest BCUT2D eigenvalue weighted by Gasteiger charge is -2.21. The lowest BCUT2D eigenvalue weighted by molar-refractivity contribution is -0.158. The zero-order valence-corrected chi connectivity index (χ0v) is 38.5. The Labute approximate surface area is 388 Å². The molecule has 2 aromatic rings. The molecule has 0 aliphatic rings. The number of hydrogen-bond donors (Lipinski definition) is 3. The number of carboxylic acid groups (broad SMARTS) is 1. The minimum atomic E-state index is -1.27. The standard InChI is InChI=1S/C23H30O10.C13H12O6.C11H18O4/c1-5-19(26)30-11-15(24)12-31-20(27)17-9-7-8-10-18(17)21(28)32-13-16(25)14-33-22(29)23(3,4)6-2;1-2-11(14)18-7-8-19-13(17)10-6-4-3-5-9(10)12(15)16;1-5-9(12)14-7-8-15-10(13)11(3,4)6-2/h5,7-10,15-16,24-25H,1,6,11-14H2,2-4H3;2-6H,1,7-8H2,(H,15,16);5H,1,6-8H2,2-4H3. The van der Waals surface area contributed by atoms with Crippen molar-refractivity contribution in [3.63, 3.8) is 0 Å². The van der Waals surface area contributed by atoms with Gasteiger partial charge in [0.25, 0.3) is 0 Å². The highest BCUT2D eigenvalue weighted by atomic mass is 16.6. The molecule has 20 heteroatoms. The van der Waals surface area contributed by atoms with Gasteiger partial charge in [0.2, 0.25) is 0 Å². The maximum atomic E-state index is 12.4. The van der Waals surface area contributed by atoms with E-state index in [1.165, 1.54) is 48.5 Å². The third-order valence-electron chi connectivity index (χ3n) is 8.88. The first-order valence-corrected chi connectivity index (χ1v) is 20.5. The van der Waals surface area contributed by atoms with E-state index in [1.54, 1.807) is 13.8 Å². The molecule has 0 saturated heterocycles. The molecule has 2 aromatic carbocycles. The second-order valence-corrected chi connectivity index (χ2v) is 14.8. The summed E-state index contributed by atoms with van der Waals surface area (Å²) < 4.78 is 38.7. The largest absolute Gasteiger partial charge is 0.478 e. The third-order valence-corrected chi connectivity index (χ3v) is 8.88. The van der Waals surface area contributed by atoms with E-state index in [9.17, 15) is 53.4 Å². The van der Waals surface area contributed by atoms with Crippen LogP contribution in [0.25, 0.3) is 0 Å². The molecule has 0 fully saturated rings. The molecule has 0 heterocycles. The minimum absolute atomic E-state index is 0.0509. The maximum absolute atomic E-state index is 12.4. The van der Waals surface area contributed by atoms with E-state index in [0.29, 0.717) is 12.8 Å². The summed E-state index contributed by atoms with van der Waals surface area (Å²) in [5.74, 6) is -6.44.